The van der Waals surface area contributed by atoms with E-state index in [1.807, 2.05) is 9.58 Å². The predicted molar refractivity (Wildman–Crippen MR) is 109 cm³/mol. The van der Waals surface area contributed by atoms with E-state index in [2.05, 4.69) is 36.7 Å². The Kier molecular flexibility index (Phi) is 8.21. The highest BCUT2D eigenvalue weighted by Crippen LogP contribution is 2.36. The van der Waals surface area contributed by atoms with Gasteiger partial charge in [0.1, 0.15) is 0 Å². The van der Waals surface area contributed by atoms with Crippen molar-refractivity contribution in [1.82, 2.24) is 14.7 Å². The molecular formula is C22H27F6N3O2. The van der Waals surface area contributed by atoms with Gasteiger partial charge in [0, 0.05) is 25.6 Å². The lowest BCUT2D eigenvalue weighted by molar-refractivity contribution is -0.143. The molecular weight excluding hydrogens is 452 g/mol. The number of aryl methyl sites for hydroxylation is 1. The normalized spacial score (nSPS) is 14.8. The van der Waals surface area contributed by atoms with E-state index in [9.17, 15) is 31.1 Å². The maximum absolute atomic E-state index is 12.4. The summed E-state index contributed by atoms with van der Waals surface area (Å²) in [6.45, 7) is 8.60. The van der Waals surface area contributed by atoms with Crippen LogP contribution in [0.4, 0.5) is 26.3 Å². The van der Waals surface area contributed by atoms with Crippen LogP contribution in [0.15, 0.2) is 24.3 Å². The third-order valence-electron chi connectivity index (χ3n) is 4.92. The standard InChI is InChI=1S/C12H19N3O.C10H8F6O/c1-12(2,3)11-7-10-8-14(9-16)5-4-6-15(10)13-11;1-17-5-6-2-7(9(11,12)13)4-8(3-6)10(14,15)16/h7,9H,4-6,8H2,1-3H3;2-4H,5H2,1H3. The van der Waals surface area contributed by atoms with Gasteiger partial charge in [-0.3, -0.25) is 9.48 Å². The van der Waals surface area contributed by atoms with Crippen LogP contribution in [-0.2, 0) is 47.0 Å². The van der Waals surface area contributed by atoms with Crippen LogP contribution in [0.5, 0.6) is 0 Å². The second-order valence-corrected chi connectivity index (χ2v) is 8.77. The summed E-state index contributed by atoms with van der Waals surface area (Å²) >= 11 is 0. The quantitative estimate of drug-likeness (QED) is 0.437. The Labute approximate surface area is 188 Å². The van der Waals surface area contributed by atoms with E-state index >= 15 is 0 Å². The molecule has 0 atom stereocenters. The predicted octanol–water partition coefficient (Wildman–Crippen LogP) is 5.41. The lowest BCUT2D eigenvalue weighted by Gasteiger charge is -2.15. The van der Waals surface area contributed by atoms with Gasteiger partial charge in [-0.1, -0.05) is 20.8 Å². The summed E-state index contributed by atoms with van der Waals surface area (Å²) in [5.41, 5.74) is -0.510. The number of alkyl halides is 6. The minimum atomic E-state index is -4.82. The molecule has 11 heteroatoms. The molecule has 0 bridgehead atoms. The van der Waals surface area contributed by atoms with E-state index in [1.165, 1.54) is 7.11 Å². The van der Waals surface area contributed by atoms with Crippen molar-refractivity contribution in [3.63, 3.8) is 0 Å². The number of aromatic nitrogens is 2. The van der Waals surface area contributed by atoms with Crippen LogP contribution in [0.1, 0.15) is 55.3 Å². The molecule has 3 rings (SSSR count). The van der Waals surface area contributed by atoms with Gasteiger partial charge in [0.25, 0.3) is 0 Å². The van der Waals surface area contributed by atoms with Gasteiger partial charge in [-0.05, 0) is 36.2 Å². The van der Waals surface area contributed by atoms with Crippen molar-refractivity contribution in [2.75, 3.05) is 13.7 Å². The number of ether oxygens (including phenoxy) is 1. The molecule has 0 saturated heterocycles. The minimum Gasteiger partial charge on any atom is -0.380 e. The van der Waals surface area contributed by atoms with Crippen LogP contribution < -0.4 is 0 Å². The molecule has 184 valence electrons. The SMILES string of the molecule is CC(C)(C)c1cc2n(n1)CCCN(C=O)C2.COCc1cc(C(F)(F)F)cc(C(F)(F)F)c1. The van der Waals surface area contributed by atoms with Crippen molar-refractivity contribution in [3.8, 4) is 0 Å². The monoisotopic (exact) mass is 479 g/mol. The van der Waals surface area contributed by atoms with Crippen molar-refractivity contribution in [2.45, 2.75) is 64.7 Å². The molecule has 0 radical (unpaired) electrons. The van der Waals surface area contributed by atoms with E-state index in [4.69, 9.17) is 0 Å². The highest BCUT2D eigenvalue weighted by Gasteiger charge is 2.36. The zero-order valence-electron chi connectivity index (χ0n) is 18.8. The Morgan fingerprint density at radius 2 is 1.55 bits per heavy atom. The molecule has 0 N–H and O–H groups in total. The van der Waals surface area contributed by atoms with Gasteiger partial charge in [0.15, 0.2) is 0 Å². The lowest BCUT2D eigenvalue weighted by Crippen LogP contribution is -2.21. The van der Waals surface area contributed by atoms with Gasteiger partial charge in [0.2, 0.25) is 6.41 Å². The fourth-order valence-corrected chi connectivity index (χ4v) is 3.21. The van der Waals surface area contributed by atoms with E-state index in [0.29, 0.717) is 18.7 Å². The van der Waals surface area contributed by atoms with Gasteiger partial charge in [-0.25, -0.2) is 0 Å². The number of hydrogen-bond donors (Lipinski definition) is 0. The number of rotatable bonds is 3. The van der Waals surface area contributed by atoms with Crippen LogP contribution in [0, 0.1) is 0 Å². The summed E-state index contributed by atoms with van der Waals surface area (Å²) in [6.07, 6.45) is -7.72. The molecule has 1 aromatic carbocycles. The fraction of sp³-hybridized carbons (Fsp3) is 0.545. The average molecular weight is 479 g/mol. The molecule has 1 aromatic heterocycles. The number of fused-ring (bicyclic) bond motifs is 1. The Morgan fingerprint density at radius 3 is 2.00 bits per heavy atom. The Hall–Kier alpha value is -2.56. The molecule has 0 unspecified atom stereocenters. The largest absolute Gasteiger partial charge is 0.416 e. The molecule has 0 fully saturated rings. The van der Waals surface area contributed by atoms with E-state index in [-0.39, 0.29) is 23.7 Å². The molecule has 1 aliphatic heterocycles. The molecule has 5 nitrogen and oxygen atoms in total. The Balaban J connectivity index is 0.000000234. The Morgan fingerprint density at radius 1 is 0.970 bits per heavy atom. The number of methoxy groups -OCH3 is 1. The number of carbonyl (C=O) groups is 1. The van der Waals surface area contributed by atoms with Gasteiger partial charge in [-0.2, -0.15) is 31.4 Å². The number of carbonyl (C=O) groups excluding carboxylic acids is 1. The summed E-state index contributed by atoms with van der Waals surface area (Å²) < 4.78 is 80.8. The van der Waals surface area contributed by atoms with Crippen LogP contribution in [0.3, 0.4) is 0 Å². The summed E-state index contributed by atoms with van der Waals surface area (Å²) in [6, 6.07) is 3.48. The number of nitrogens with zero attached hydrogens (tertiary/aromatic N) is 3. The summed E-state index contributed by atoms with van der Waals surface area (Å²) in [5, 5.41) is 4.62. The Bertz CT molecular complexity index is 913. The van der Waals surface area contributed by atoms with E-state index in [1.54, 1.807) is 0 Å². The zero-order chi connectivity index (χ0) is 25.0. The van der Waals surface area contributed by atoms with Crippen molar-refractivity contribution in [1.29, 1.82) is 0 Å². The fourth-order valence-electron chi connectivity index (χ4n) is 3.21. The zero-order valence-corrected chi connectivity index (χ0v) is 18.8. The topological polar surface area (TPSA) is 47.4 Å². The first-order valence-electron chi connectivity index (χ1n) is 10.2. The van der Waals surface area contributed by atoms with Gasteiger partial charge in [-0.15, -0.1) is 0 Å². The van der Waals surface area contributed by atoms with Crippen LogP contribution in [0.2, 0.25) is 0 Å². The first-order chi connectivity index (χ1) is 15.1. The maximum Gasteiger partial charge on any atom is 0.416 e. The smallest absolute Gasteiger partial charge is 0.380 e. The molecule has 1 amide bonds. The molecule has 0 saturated carbocycles. The molecule has 0 spiro atoms. The first-order valence-corrected chi connectivity index (χ1v) is 10.2. The third-order valence-corrected chi connectivity index (χ3v) is 4.92. The summed E-state index contributed by atoms with van der Waals surface area (Å²) in [4.78, 5) is 12.6. The van der Waals surface area contributed by atoms with Crippen molar-refractivity contribution < 1.29 is 35.9 Å². The lowest BCUT2D eigenvalue weighted by atomic mass is 9.92. The van der Waals surface area contributed by atoms with Crippen molar-refractivity contribution in [2.24, 2.45) is 0 Å². The average Bonchev–Trinajstić information content (AvgIpc) is 3.00. The number of halogens is 6. The second kappa shape index (κ2) is 10.1. The molecule has 1 aliphatic rings. The molecule has 0 aliphatic carbocycles. The maximum atomic E-state index is 12.4. The second-order valence-electron chi connectivity index (χ2n) is 8.77. The van der Waals surface area contributed by atoms with Crippen LogP contribution in [0.25, 0.3) is 0 Å². The highest BCUT2D eigenvalue weighted by molar-refractivity contribution is 5.47. The molecule has 33 heavy (non-hydrogen) atoms. The third kappa shape index (κ3) is 7.48. The van der Waals surface area contributed by atoms with Crippen LogP contribution in [-0.4, -0.2) is 34.7 Å². The van der Waals surface area contributed by atoms with E-state index in [0.717, 1.165) is 37.3 Å². The summed E-state index contributed by atoms with van der Waals surface area (Å²) in [7, 11) is 1.19. The van der Waals surface area contributed by atoms with Gasteiger partial charge < -0.3 is 9.64 Å². The van der Waals surface area contributed by atoms with Crippen LogP contribution >= 0.6 is 0 Å². The van der Waals surface area contributed by atoms with Crippen molar-refractivity contribution in [3.05, 3.63) is 52.3 Å². The summed E-state index contributed by atoms with van der Waals surface area (Å²) in [5.74, 6) is 0. The highest BCUT2D eigenvalue weighted by atomic mass is 19.4. The molecule has 2 aromatic rings. The van der Waals surface area contributed by atoms with Crippen molar-refractivity contribution >= 4 is 6.41 Å². The molecule has 2 heterocycles. The number of benzene rings is 1. The number of hydrogen-bond acceptors (Lipinski definition) is 3. The minimum absolute atomic E-state index is 0.0746. The number of amides is 1. The van der Waals surface area contributed by atoms with Gasteiger partial charge >= 0.3 is 12.4 Å². The van der Waals surface area contributed by atoms with Gasteiger partial charge in [0.05, 0.1) is 35.7 Å². The first kappa shape index (κ1) is 26.7. The van der Waals surface area contributed by atoms with E-state index < -0.39 is 23.5 Å².